The van der Waals surface area contributed by atoms with Crippen molar-refractivity contribution in [3.8, 4) is 0 Å². The number of hydrogen-bond acceptors (Lipinski definition) is 5. The van der Waals surface area contributed by atoms with Crippen molar-refractivity contribution in [1.82, 2.24) is 4.90 Å². The summed E-state index contributed by atoms with van der Waals surface area (Å²) in [6, 6.07) is 5.52. The van der Waals surface area contributed by atoms with Gasteiger partial charge < -0.3 is 0 Å². The topological polar surface area (TPSA) is 80.5 Å². The van der Waals surface area contributed by atoms with Crippen LogP contribution in [0.1, 0.15) is 36.0 Å². The third kappa shape index (κ3) is 2.78. The number of piperidine rings is 3. The number of nitrogens with zero attached hydrogens (tertiary/aromatic N) is 2. The molecule has 0 spiro atoms. The summed E-state index contributed by atoms with van der Waals surface area (Å²) in [5.74, 6) is 0.406. The van der Waals surface area contributed by atoms with Crippen LogP contribution in [0.25, 0.3) is 0 Å². The van der Waals surface area contributed by atoms with Crippen LogP contribution in [-0.4, -0.2) is 40.5 Å². The Balaban J connectivity index is 1.60. The van der Waals surface area contributed by atoms with Gasteiger partial charge >= 0.3 is 0 Å². The minimum absolute atomic E-state index is 0.0255. The molecule has 3 saturated heterocycles. The third-order valence-corrected chi connectivity index (χ3v) is 4.75. The fraction of sp³-hybridized carbons (Fsp3) is 0.500. The highest BCUT2D eigenvalue weighted by Gasteiger charge is 2.40. The number of hydrogen-bond donors (Lipinski definition) is 0. The van der Waals surface area contributed by atoms with Gasteiger partial charge in [-0.2, -0.15) is 0 Å². The van der Waals surface area contributed by atoms with E-state index in [1.54, 1.807) is 0 Å². The Kier molecular flexibility index (Phi) is 4.02. The van der Waals surface area contributed by atoms with Crippen molar-refractivity contribution >= 4 is 17.3 Å². The molecule has 3 fully saturated rings. The standard InChI is InChI=1S/C16H18N2O4/c19-15(11-1-3-13(4-2-11)18(21)22)6-5-14-16(20)12-7-9-17(14)10-8-12/h1-4,12,14H,5-10H2. The zero-order chi connectivity index (χ0) is 15.7. The van der Waals surface area contributed by atoms with E-state index in [-0.39, 0.29) is 29.2 Å². The van der Waals surface area contributed by atoms with Gasteiger partial charge in [0.2, 0.25) is 0 Å². The lowest BCUT2D eigenvalue weighted by Gasteiger charge is -2.44. The number of nitro benzene ring substituents is 1. The molecule has 0 radical (unpaired) electrons. The Morgan fingerprint density at radius 1 is 1.23 bits per heavy atom. The highest BCUT2D eigenvalue weighted by Crippen LogP contribution is 2.31. The summed E-state index contributed by atoms with van der Waals surface area (Å²) >= 11 is 0. The van der Waals surface area contributed by atoms with Crippen LogP contribution in [0.5, 0.6) is 0 Å². The predicted molar refractivity (Wildman–Crippen MR) is 79.8 cm³/mol. The number of fused-ring (bicyclic) bond motifs is 3. The number of ketones is 2. The van der Waals surface area contributed by atoms with E-state index in [2.05, 4.69) is 4.90 Å². The summed E-state index contributed by atoms with van der Waals surface area (Å²) in [4.78, 5) is 36.7. The van der Waals surface area contributed by atoms with Crippen LogP contribution in [0.3, 0.4) is 0 Å². The molecule has 0 N–H and O–H groups in total. The molecule has 1 unspecified atom stereocenters. The molecule has 116 valence electrons. The third-order valence-electron chi connectivity index (χ3n) is 4.75. The zero-order valence-corrected chi connectivity index (χ0v) is 12.2. The highest BCUT2D eigenvalue weighted by atomic mass is 16.6. The Morgan fingerprint density at radius 3 is 2.41 bits per heavy atom. The van der Waals surface area contributed by atoms with Gasteiger partial charge in [-0.3, -0.25) is 24.6 Å². The summed E-state index contributed by atoms with van der Waals surface area (Å²) in [5.41, 5.74) is 0.441. The molecule has 1 aromatic carbocycles. The second-order valence-electron chi connectivity index (χ2n) is 5.99. The van der Waals surface area contributed by atoms with Crippen LogP contribution < -0.4 is 0 Å². The lowest BCUT2D eigenvalue weighted by Crippen LogP contribution is -2.55. The van der Waals surface area contributed by atoms with Crippen molar-refractivity contribution in [1.29, 1.82) is 0 Å². The van der Waals surface area contributed by atoms with Gasteiger partial charge in [0.15, 0.2) is 11.6 Å². The molecule has 0 saturated carbocycles. The van der Waals surface area contributed by atoms with Gasteiger partial charge in [0.1, 0.15) is 0 Å². The SMILES string of the molecule is O=C(CCC1C(=O)C2CCN1CC2)c1ccc([N+](=O)[O-])cc1. The molecular weight excluding hydrogens is 284 g/mol. The average molecular weight is 302 g/mol. The van der Waals surface area contributed by atoms with Gasteiger partial charge in [0.25, 0.3) is 5.69 Å². The monoisotopic (exact) mass is 302 g/mol. The molecule has 22 heavy (non-hydrogen) atoms. The number of rotatable bonds is 5. The fourth-order valence-electron chi connectivity index (χ4n) is 3.45. The lowest BCUT2D eigenvalue weighted by atomic mass is 9.80. The average Bonchev–Trinajstić information content (AvgIpc) is 2.55. The molecule has 0 aromatic heterocycles. The summed E-state index contributed by atoms with van der Waals surface area (Å²) in [6.45, 7) is 1.90. The van der Waals surface area contributed by atoms with Crippen LogP contribution >= 0.6 is 0 Å². The van der Waals surface area contributed by atoms with Crippen LogP contribution in [0.15, 0.2) is 24.3 Å². The molecule has 0 amide bonds. The summed E-state index contributed by atoms with van der Waals surface area (Å²) in [5, 5.41) is 10.6. The lowest BCUT2D eigenvalue weighted by molar-refractivity contribution is -0.384. The molecule has 1 atom stereocenters. The van der Waals surface area contributed by atoms with E-state index in [0.717, 1.165) is 25.9 Å². The van der Waals surface area contributed by atoms with Crippen molar-refractivity contribution in [2.24, 2.45) is 5.92 Å². The van der Waals surface area contributed by atoms with Crippen LogP contribution in [0, 0.1) is 16.0 Å². The van der Waals surface area contributed by atoms with Crippen molar-refractivity contribution < 1.29 is 14.5 Å². The molecule has 3 heterocycles. The van der Waals surface area contributed by atoms with Gasteiger partial charge in [-0.25, -0.2) is 0 Å². The maximum Gasteiger partial charge on any atom is 0.269 e. The second-order valence-corrected chi connectivity index (χ2v) is 5.99. The van der Waals surface area contributed by atoms with Gasteiger partial charge in [0.05, 0.1) is 11.0 Å². The zero-order valence-electron chi connectivity index (χ0n) is 12.2. The molecule has 1 aromatic rings. The Morgan fingerprint density at radius 2 is 1.86 bits per heavy atom. The minimum Gasteiger partial charge on any atom is -0.298 e. The normalized spacial score (nSPS) is 26.9. The van der Waals surface area contributed by atoms with Gasteiger partial charge in [-0.1, -0.05) is 0 Å². The molecule has 2 bridgehead atoms. The van der Waals surface area contributed by atoms with Crippen molar-refractivity contribution in [2.75, 3.05) is 13.1 Å². The van der Waals surface area contributed by atoms with Crippen molar-refractivity contribution in [3.63, 3.8) is 0 Å². The molecule has 4 rings (SSSR count). The quantitative estimate of drug-likeness (QED) is 0.473. The number of benzene rings is 1. The molecule has 6 heteroatoms. The molecule has 0 aliphatic carbocycles. The first-order valence-corrected chi connectivity index (χ1v) is 7.61. The van der Waals surface area contributed by atoms with E-state index >= 15 is 0 Å². The first kappa shape index (κ1) is 14.8. The van der Waals surface area contributed by atoms with E-state index < -0.39 is 4.92 Å². The van der Waals surface area contributed by atoms with Crippen LogP contribution in [0.2, 0.25) is 0 Å². The molecule has 3 aliphatic heterocycles. The van der Waals surface area contributed by atoms with E-state index in [1.165, 1.54) is 24.3 Å². The van der Waals surface area contributed by atoms with E-state index in [0.29, 0.717) is 18.4 Å². The summed E-state index contributed by atoms with van der Waals surface area (Å²) < 4.78 is 0. The number of nitro groups is 1. The fourth-order valence-corrected chi connectivity index (χ4v) is 3.45. The molecule has 3 aliphatic rings. The van der Waals surface area contributed by atoms with Crippen LogP contribution in [-0.2, 0) is 4.79 Å². The first-order valence-electron chi connectivity index (χ1n) is 7.61. The van der Waals surface area contributed by atoms with Gasteiger partial charge in [-0.15, -0.1) is 0 Å². The van der Waals surface area contributed by atoms with Gasteiger partial charge in [0, 0.05) is 30.0 Å². The second kappa shape index (κ2) is 5.96. The maximum absolute atomic E-state index is 12.2. The predicted octanol–water partition coefficient (Wildman–Crippen LogP) is 2.22. The number of carbonyl (C=O) groups is 2. The number of non-ortho nitro benzene ring substituents is 1. The van der Waals surface area contributed by atoms with E-state index in [4.69, 9.17) is 0 Å². The van der Waals surface area contributed by atoms with Crippen molar-refractivity contribution in [2.45, 2.75) is 31.7 Å². The summed E-state index contributed by atoms with van der Waals surface area (Å²) in [6.07, 6.45) is 2.75. The van der Waals surface area contributed by atoms with Crippen LogP contribution in [0.4, 0.5) is 5.69 Å². The van der Waals surface area contributed by atoms with Gasteiger partial charge in [-0.05, 0) is 44.5 Å². The Bertz CT molecular complexity index is 603. The Hall–Kier alpha value is -2.08. The van der Waals surface area contributed by atoms with E-state index in [9.17, 15) is 19.7 Å². The van der Waals surface area contributed by atoms with Crippen molar-refractivity contribution in [3.05, 3.63) is 39.9 Å². The Labute approximate surface area is 128 Å². The van der Waals surface area contributed by atoms with E-state index in [1.807, 2.05) is 0 Å². The largest absolute Gasteiger partial charge is 0.298 e. The summed E-state index contributed by atoms with van der Waals surface area (Å²) in [7, 11) is 0. The maximum atomic E-state index is 12.2. The first-order chi connectivity index (χ1) is 10.6. The molecule has 6 nitrogen and oxygen atoms in total. The number of carbonyl (C=O) groups excluding carboxylic acids is 2. The number of Topliss-reactive ketones (excluding diaryl/α,β-unsaturated/α-hetero) is 2. The molecular formula is C16H18N2O4. The highest BCUT2D eigenvalue weighted by molar-refractivity contribution is 5.97. The minimum atomic E-state index is -0.487. The smallest absolute Gasteiger partial charge is 0.269 e.